The van der Waals surface area contributed by atoms with Crippen LogP contribution in [0.2, 0.25) is 0 Å². The molecule has 0 unspecified atom stereocenters. The molecule has 0 saturated carbocycles. The number of hydrogen-bond donors (Lipinski definition) is 0. The first-order valence-electron chi connectivity index (χ1n) is 5.66. The summed E-state index contributed by atoms with van der Waals surface area (Å²) in [6.07, 6.45) is 0. The second-order valence-electron chi connectivity index (χ2n) is 4.44. The van der Waals surface area contributed by atoms with Crippen molar-refractivity contribution in [3.8, 4) is 0 Å². The topological polar surface area (TPSA) is 30.0 Å². The second kappa shape index (κ2) is 4.80. The highest BCUT2D eigenvalue weighted by Crippen LogP contribution is 2.18. The number of carbonyl (C=O) groups excluding carboxylic acids is 1. The van der Waals surface area contributed by atoms with Crippen molar-refractivity contribution in [2.24, 2.45) is 0 Å². The van der Waals surface area contributed by atoms with Gasteiger partial charge in [-0.2, -0.15) is 4.37 Å². The lowest BCUT2D eigenvalue weighted by Crippen LogP contribution is -1.99. The van der Waals surface area contributed by atoms with E-state index in [1.54, 1.807) is 0 Å². The van der Waals surface area contributed by atoms with Gasteiger partial charge in [-0.25, -0.2) is 0 Å². The van der Waals surface area contributed by atoms with Crippen molar-refractivity contribution in [3.63, 3.8) is 0 Å². The van der Waals surface area contributed by atoms with E-state index in [1.807, 2.05) is 37.3 Å². The maximum absolute atomic E-state index is 12.1. The second-order valence-corrected chi connectivity index (χ2v) is 5.24. The highest BCUT2D eigenvalue weighted by atomic mass is 32.1. The van der Waals surface area contributed by atoms with Gasteiger partial charge < -0.3 is 0 Å². The fraction of sp³-hybridized carbons (Fsp3) is 0.286. The van der Waals surface area contributed by atoms with Gasteiger partial charge in [0, 0.05) is 5.56 Å². The average molecular weight is 245 g/mol. The molecular weight excluding hydrogens is 230 g/mol. The molecule has 0 aliphatic heterocycles. The fourth-order valence-corrected chi connectivity index (χ4v) is 2.35. The molecular formula is C14H15NOS. The SMILES string of the molecule is Cc1cc(C(=O)c2ccc(C(C)C)cc2)sn1. The molecule has 1 aromatic heterocycles. The maximum atomic E-state index is 12.1. The van der Waals surface area contributed by atoms with Crippen LogP contribution < -0.4 is 0 Å². The van der Waals surface area contributed by atoms with E-state index in [0.717, 1.165) is 11.3 Å². The summed E-state index contributed by atoms with van der Waals surface area (Å²) in [6.45, 7) is 6.18. The van der Waals surface area contributed by atoms with Gasteiger partial charge in [0.25, 0.3) is 0 Å². The lowest BCUT2D eigenvalue weighted by molar-refractivity contribution is 0.104. The van der Waals surface area contributed by atoms with Crippen molar-refractivity contribution in [1.82, 2.24) is 4.37 Å². The van der Waals surface area contributed by atoms with Crippen LogP contribution in [-0.2, 0) is 0 Å². The van der Waals surface area contributed by atoms with Crippen LogP contribution in [-0.4, -0.2) is 10.2 Å². The van der Waals surface area contributed by atoms with E-state index < -0.39 is 0 Å². The van der Waals surface area contributed by atoms with Crippen LogP contribution in [0.15, 0.2) is 30.3 Å². The molecule has 0 N–H and O–H groups in total. The maximum Gasteiger partial charge on any atom is 0.204 e. The van der Waals surface area contributed by atoms with Crippen LogP contribution in [0.4, 0.5) is 0 Å². The van der Waals surface area contributed by atoms with Crippen LogP contribution in [0.25, 0.3) is 0 Å². The van der Waals surface area contributed by atoms with Crippen LogP contribution in [0.1, 0.15) is 46.3 Å². The molecule has 1 aromatic carbocycles. The molecule has 2 aromatic rings. The van der Waals surface area contributed by atoms with Crippen LogP contribution in [0.3, 0.4) is 0 Å². The Kier molecular flexibility index (Phi) is 3.38. The zero-order chi connectivity index (χ0) is 12.4. The highest BCUT2D eigenvalue weighted by molar-refractivity contribution is 7.08. The summed E-state index contributed by atoms with van der Waals surface area (Å²) in [7, 11) is 0. The van der Waals surface area contributed by atoms with E-state index >= 15 is 0 Å². The Labute approximate surface area is 105 Å². The predicted molar refractivity (Wildman–Crippen MR) is 70.8 cm³/mol. The molecule has 0 spiro atoms. The number of rotatable bonds is 3. The van der Waals surface area contributed by atoms with Crippen molar-refractivity contribution in [2.45, 2.75) is 26.7 Å². The zero-order valence-corrected chi connectivity index (χ0v) is 11.0. The highest BCUT2D eigenvalue weighted by Gasteiger charge is 2.12. The molecule has 0 amide bonds. The zero-order valence-electron chi connectivity index (χ0n) is 10.2. The molecule has 1 heterocycles. The van der Waals surface area contributed by atoms with Crippen molar-refractivity contribution in [2.75, 3.05) is 0 Å². The summed E-state index contributed by atoms with van der Waals surface area (Å²) in [5, 5.41) is 0. The third-order valence-corrected chi connectivity index (χ3v) is 3.57. The van der Waals surface area contributed by atoms with Crippen LogP contribution in [0.5, 0.6) is 0 Å². The normalized spacial score (nSPS) is 10.8. The molecule has 0 radical (unpaired) electrons. The van der Waals surface area contributed by atoms with Crippen molar-refractivity contribution in [1.29, 1.82) is 0 Å². The van der Waals surface area contributed by atoms with Gasteiger partial charge in [0.2, 0.25) is 5.78 Å². The van der Waals surface area contributed by atoms with Crippen LogP contribution in [0, 0.1) is 6.92 Å². The molecule has 0 saturated heterocycles. The number of nitrogens with zero attached hydrogens (tertiary/aromatic N) is 1. The summed E-state index contributed by atoms with van der Waals surface area (Å²) in [6, 6.07) is 9.67. The third kappa shape index (κ3) is 2.61. The predicted octanol–water partition coefficient (Wildman–Crippen LogP) is 3.81. The van der Waals surface area contributed by atoms with Gasteiger partial charge in [-0.1, -0.05) is 38.1 Å². The summed E-state index contributed by atoms with van der Waals surface area (Å²) in [4.78, 5) is 12.8. The lowest BCUT2D eigenvalue weighted by atomic mass is 10.0. The average Bonchev–Trinajstić information content (AvgIpc) is 2.75. The van der Waals surface area contributed by atoms with E-state index in [0.29, 0.717) is 10.8 Å². The standard InChI is InChI=1S/C14H15NOS/c1-9(2)11-4-6-12(7-5-11)14(16)13-8-10(3)15-17-13/h4-9H,1-3H3. The Morgan fingerprint density at radius 2 is 1.88 bits per heavy atom. The Hall–Kier alpha value is -1.48. The Balaban J connectivity index is 2.26. The number of aromatic nitrogens is 1. The van der Waals surface area contributed by atoms with E-state index in [4.69, 9.17) is 0 Å². The summed E-state index contributed by atoms with van der Waals surface area (Å²) >= 11 is 1.26. The van der Waals surface area contributed by atoms with Gasteiger partial charge in [0.15, 0.2) is 0 Å². The Bertz CT molecular complexity index is 525. The largest absolute Gasteiger partial charge is 0.288 e. The number of aryl methyl sites for hydroxylation is 1. The van der Waals surface area contributed by atoms with Crippen molar-refractivity contribution >= 4 is 17.3 Å². The lowest BCUT2D eigenvalue weighted by Gasteiger charge is -2.05. The molecule has 0 fully saturated rings. The molecule has 2 rings (SSSR count). The van der Waals surface area contributed by atoms with E-state index in [2.05, 4.69) is 18.2 Å². The molecule has 0 bridgehead atoms. The third-order valence-electron chi connectivity index (χ3n) is 2.69. The fourth-order valence-electron chi connectivity index (χ4n) is 1.63. The minimum absolute atomic E-state index is 0.0610. The smallest absolute Gasteiger partial charge is 0.204 e. The van der Waals surface area contributed by atoms with E-state index in [9.17, 15) is 4.79 Å². The Morgan fingerprint density at radius 3 is 2.35 bits per heavy atom. The van der Waals surface area contributed by atoms with Crippen molar-refractivity contribution in [3.05, 3.63) is 52.0 Å². The number of ketones is 1. The molecule has 17 heavy (non-hydrogen) atoms. The number of carbonyl (C=O) groups is 1. The minimum Gasteiger partial charge on any atom is -0.288 e. The molecule has 2 nitrogen and oxygen atoms in total. The van der Waals surface area contributed by atoms with Crippen LogP contribution >= 0.6 is 11.5 Å². The summed E-state index contributed by atoms with van der Waals surface area (Å²) < 4.78 is 4.13. The molecule has 88 valence electrons. The van der Waals surface area contributed by atoms with Gasteiger partial charge in [-0.05, 0) is 36.0 Å². The van der Waals surface area contributed by atoms with Crippen molar-refractivity contribution < 1.29 is 4.79 Å². The molecule has 3 heteroatoms. The summed E-state index contributed by atoms with van der Waals surface area (Å²) in [5.74, 6) is 0.552. The molecule has 0 atom stereocenters. The van der Waals surface area contributed by atoms with E-state index in [1.165, 1.54) is 17.1 Å². The van der Waals surface area contributed by atoms with Gasteiger partial charge in [0.05, 0.1) is 10.6 Å². The quantitative estimate of drug-likeness (QED) is 0.770. The molecule has 0 aliphatic rings. The number of benzene rings is 1. The Morgan fingerprint density at radius 1 is 1.24 bits per heavy atom. The minimum atomic E-state index is 0.0610. The first kappa shape index (κ1) is 12.0. The first-order chi connectivity index (χ1) is 8.08. The first-order valence-corrected chi connectivity index (χ1v) is 6.43. The van der Waals surface area contributed by atoms with Gasteiger partial charge >= 0.3 is 0 Å². The van der Waals surface area contributed by atoms with Gasteiger partial charge in [0.1, 0.15) is 0 Å². The molecule has 0 aliphatic carbocycles. The van der Waals surface area contributed by atoms with Gasteiger partial charge in [-0.3, -0.25) is 4.79 Å². The number of hydrogen-bond acceptors (Lipinski definition) is 3. The summed E-state index contributed by atoms with van der Waals surface area (Å²) in [5.41, 5.74) is 2.89. The van der Waals surface area contributed by atoms with Gasteiger partial charge in [-0.15, -0.1) is 0 Å². The van der Waals surface area contributed by atoms with E-state index in [-0.39, 0.29) is 5.78 Å². The monoisotopic (exact) mass is 245 g/mol.